The van der Waals surface area contributed by atoms with Gasteiger partial charge in [0.05, 0.1) is 6.54 Å². The van der Waals surface area contributed by atoms with Crippen molar-refractivity contribution in [2.24, 2.45) is 4.99 Å². The van der Waals surface area contributed by atoms with E-state index in [9.17, 15) is 9.59 Å². The van der Waals surface area contributed by atoms with Crippen molar-refractivity contribution in [3.05, 3.63) is 70.8 Å². The number of hydrogen-bond acceptors (Lipinski definition) is 3. The quantitative estimate of drug-likeness (QED) is 0.369. The van der Waals surface area contributed by atoms with Crippen LogP contribution in [0, 0.1) is 0 Å². The van der Waals surface area contributed by atoms with Gasteiger partial charge in [-0.05, 0) is 48.6 Å². The summed E-state index contributed by atoms with van der Waals surface area (Å²) < 4.78 is 0. The maximum atomic E-state index is 12.6. The molecule has 1 aliphatic rings. The van der Waals surface area contributed by atoms with Gasteiger partial charge in [-0.25, -0.2) is 4.99 Å². The molecule has 7 heteroatoms. The Morgan fingerprint density at radius 3 is 2.45 bits per heavy atom. The van der Waals surface area contributed by atoms with Crippen LogP contribution in [0.15, 0.2) is 53.5 Å². The molecule has 0 fully saturated rings. The molecule has 0 spiro atoms. The van der Waals surface area contributed by atoms with E-state index in [0.717, 1.165) is 37.5 Å². The lowest BCUT2D eigenvalue weighted by Crippen LogP contribution is -2.39. The van der Waals surface area contributed by atoms with Crippen LogP contribution in [0.25, 0.3) is 0 Å². The first-order valence-electron chi connectivity index (χ1n) is 11.6. The van der Waals surface area contributed by atoms with Crippen LogP contribution < -0.4 is 10.6 Å². The predicted octanol–water partition coefficient (Wildman–Crippen LogP) is 2.81. The highest BCUT2D eigenvalue weighted by Crippen LogP contribution is 2.19. The van der Waals surface area contributed by atoms with Crippen molar-refractivity contribution in [1.82, 2.24) is 20.4 Å². The molecule has 0 aromatic heterocycles. The zero-order chi connectivity index (χ0) is 23.6. The molecule has 2 aromatic rings. The number of fused-ring (bicyclic) bond motifs is 1. The molecule has 2 N–H and O–H groups in total. The van der Waals surface area contributed by atoms with Crippen molar-refractivity contribution in [2.75, 3.05) is 33.7 Å². The molecule has 0 aliphatic carbocycles. The summed E-state index contributed by atoms with van der Waals surface area (Å²) in [5, 5.41) is 6.56. The molecule has 7 nitrogen and oxygen atoms in total. The van der Waals surface area contributed by atoms with E-state index in [2.05, 4.69) is 33.8 Å². The summed E-state index contributed by atoms with van der Waals surface area (Å²) in [5.74, 6) is 0.925. The van der Waals surface area contributed by atoms with Crippen molar-refractivity contribution in [1.29, 1.82) is 0 Å². The summed E-state index contributed by atoms with van der Waals surface area (Å²) in [7, 11) is 3.49. The summed E-state index contributed by atoms with van der Waals surface area (Å²) in [6.07, 6.45) is 2.21. The van der Waals surface area contributed by atoms with Gasteiger partial charge < -0.3 is 20.4 Å². The first-order chi connectivity index (χ1) is 16.0. The predicted molar refractivity (Wildman–Crippen MR) is 132 cm³/mol. The first kappa shape index (κ1) is 24.3. The average Bonchev–Trinajstić information content (AvgIpc) is 2.84. The average molecular weight is 450 g/mol. The molecule has 0 radical (unpaired) electrons. The van der Waals surface area contributed by atoms with E-state index >= 15 is 0 Å². The van der Waals surface area contributed by atoms with Gasteiger partial charge in [0.1, 0.15) is 0 Å². The molecule has 176 valence electrons. The SMILES string of the molecule is CCNC(=NCc1ccc(C(=O)N(C)C)cc1)NCCCC(=O)N1CCc2ccccc2C1. The molecule has 33 heavy (non-hydrogen) atoms. The van der Waals surface area contributed by atoms with Crippen LogP contribution in [0.3, 0.4) is 0 Å². The van der Waals surface area contributed by atoms with Gasteiger partial charge >= 0.3 is 0 Å². The second-order valence-corrected chi connectivity index (χ2v) is 8.46. The molecule has 2 amide bonds. The van der Waals surface area contributed by atoms with Gasteiger partial charge in [0.25, 0.3) is 5.91 Å². The molecular weight excluding hydrogens is 414 g/mol. The molecule has 0 saturated heterocycles. The molecule has 3 rings (SSSR count). The maximum Gasteiger partial charge on any atom is 0.253 e. The molecule has 0 atom stereocenters. The van der Waals surface area contributed by atoms with E-state index in [1.807, 2.05) is 42.2 Å². The topological polar surface area (TPSA) is 77.0 Å². The third-order valence-corrected chi connectivity index (χ3v) is 5.71. The van der Waals surface area contributed by atoms with Crippen molar-refractivity contribution in [3.8, 4) is 0 Å². The summed E-state index contributed by atoms with van der Waals surface area (Å²) in [6.45, 7) is 5.48. The van der Waals surface area contributed by atoms with Crippen molar-refractivity contribution in [2.45, 2.75) is 39.3 Å². The number of benzene rings is 2. The van der Waals surface area contributed by atoms with Crippen LogP contribution in [-0.4, -0.2) is 61.3 Å². The zero-order valence-electron chi connectivity index (χ0n) is 19.9. The zero-order valence-corrected chi connectivity index (χ0v) is 19.9. The van der Waals surface area contributed by atoms with Crippen LogP contribution in [0.1, 0.15) is 46.8 Å². The molecule has 0 saturated carbocycles. The second kappa shape index (κ2) is 12.0. The summed E-state index contributed by atoms with van der Waals surface area (Å²) in [6, 6.07) is 15.9. The van der Waals surface area contributed by atoms with Gasteiger partial charge in [-0.15, -0.1) is 0 Å². The summed E-state index contributed by atoms with van der Waals surface area (Å²) in [5.41, 5.74) is 4.31. The van der Waals surface area contributed by atoms with E-state index in [1.165, 1.54) is 11.1 Å². The lowest BCUT2D eigenvalue weighted by molar-refractivity contribution is -0.132. The van der Waals surface area contributed by atoms with E-state index < -0.39 is 0 Å². The van der Waals surface area contributed by atoms with Crippen LogP contribution in [0.4, 0.5) is 0 Å². The van der Waals surface area contributed by atoms with Gasteiger partial charge in [0.2, 0.25) is 5.91 Å². The monoisotopic (exact) mass is 449 g/mol. The Labute approximate surface area is 196 Å². The van der Waals surface area contributed by atoms with E-state index in [1.54, 1.807) is 19.0 Å². The largest absolute Gasteiger partial charge is 0.357 e. The normalized spacial score (nSPS) is 13.3. The highest BCUT2D eigenvalue weighted by Gasteiger charge is 2.19. The molecule has 0 unspecified atom stereocenters. The Hall–Kier alpha value is -3.35. The van der Waals surface area contributed by atoms with E-state index in [4.69, 9.17) is 0 Å². The standard InChI is InChI=1S/C26H35N5O2/c1-4-27-26(29-18-20-11-13-22(14-12-20)25(33)30(2)3)28-16-7-10-24(32)31-17-15-21-8-5-6-9-23(21)19-31/h5-6,8-9,11-14H,4,7,10,15-19H2,1-3H3,(H2,27,28,29). The fourth-order valence-corrected chi connectivity index (χ4v) is 3.84. The fraction of sp³-hybridized carbons (Fsp3) is 0.423. The number of carbonyl (C=O) groups excluding carboxylic acids is 2. The van der Waals surface area contributed by atoms with Crippen molar-refractivity contribution >= 4 is 17.8 Å². The van der Waals surface area contributed by atoms with E-state index in [0.29, 0.717) is 31.6 Å². The van der Waals surface area contributed by atoms with Gasteiger partial charge in [0, 0.05) is 52.3 Å². The Bertz CT molecular complexity index is 969. The lowest BCUT2D eigenvalue weighted by atomic mass is 9.99. The third-order valence-electron chi connectivity index (χ3n) is 5.71. The highest BCUT2D eigenvalue weighted by molar-refractivity contribution is 5.93. The second-order valence-electron chi connectivity index (χ2n) is 8.46. The molecule has 1 aliphatic heterocycles. The molecule has 2 aromatic carbocycles. The minimum atomic E-state index is -0.0108. The summed E-state index contributed by atoms with van der Waals surface area (Å²) in [4.78, 5) is 32.8. The number of rotatable bonds is 8. The number of nitrogens with zero attached hydrogens (tertiary/aromatic N) is 3. The Morgan fingerprint density at radius 2 is 1.76 bits per heavy atom. The number of guanidine groups is 1. The molecule has 0 bridgehead atoms. The Balaban J connectivity index is 1.44. The smallest absolute Gasteiger partial charge is 0.253 e. The third kappa shape index (κ3) is 7.07. The van der Waals surface area contributed by atoms with Gasteiger partial charge in [-0.3, -0.25) is 9.59 Å². The van der Waals surface area contributed by atoms with Crippen LogP contribution >= 0.6 is 0 Å². The van der Waals surface area contributed by atoms with Crippen molar-refractivity contribution in [3.63, 3.8) is 0 Å². The minimum absolute atomic E-state index is 0.0108. The summed E-state index contributed by atoms with van der Waals surface area (Å²) >= 11 is 0. The number of carbonyl (C=O) groups is 2. The Kier molecular flexibility index (Phi) is 8.87. The van der Waals surface area contributed by atoms with Crippen molar-refractivity contribution < 1.29 is 9.59 Å². The highest BCUT2D eigenvalue weighted by atomic mass is 16.2. The Morgan fingerprint density at radius 1 is 1.03 bits per heavy atom. The maximum absolute atomic E-state index is 12.6. The fourth-order valence-electron chi connectivity index (χ4n) is 3.84. The van der Waals surface area contributed by atoms with Crippen LogP contribution in [0.5, 0.6) is 0 Å². The van der Waals surface area contributed by atoms with E-state index in [-0.39, 0.29) is 11.8 Å². The van der Waals surface area contributed by atoms with Gasteiger partial charge in [-0.2, -0.15) is 0 Å². The van der Waals surface area contributed by atoms with Crippen LogP contribution in [0.2, 0.25) is 0 Å². The number of nitrogens with one attached hydrogen (secondary N) is 2. The number of aliphatic imine (C=N–C) groups is 1. The van der Waals surface area contributed by atoms with Crippen LogP contribution in [-0.2, 0) is 24.3 Å². The lowest BCUT2D eigenvalue weighted by Gasteiger charge is -2.29. The number of amides is 2. The first-order valence-corrected chi connectivity index (χ1v) is 11.6. The molecule has 1 heterocycles. The minimum Gasteiger partial charge on any atom is -0.357 e. The molecular formula is C26H35N5O2. The number of hydrogen-bond donors (Lipinski definition) is 2. The van der Waals surface area contributed by atoms with Gasteiger partial charge in [-0.1, -0.05) is 36.4 Å². The van der Waals surface area contributed by atoms with Gasteiger partial charge in [0.15, 0.2) is 5.96 Å².